The van der Waals surface area contributed by atoms with Crippen LogP contribution in [0.2, 0.25) is 5.02 Å². The van der Waals surface area contributed by atoms with Crippen molar-refractivity contribution in [2.75, 3.05) is 11.9 Å². The van der Waals surface area contributed by atoms with E-state index in [1.165, 1.54) is 29.2 Å². The third kappa shape index (κ3) is 4.49. The normalized spacial score (nSPS) is 13.6. The fourth-order valence-corrected chi connectivity index (χ4v) is 3.85. The van der Waals surface area contributed by atoms with Crippen LogP contribution in [0.4, 0.5) is 11.4 Å². The molecule has 0 bridgehead atoms. The largest absolute Gasteiger partial charge is 0.350 e. The number of rotatable bonds is 7. The minimum Gasteiger partial charge on any atom is -0.350 e. The van der Waals surface area contributed by atoms with Gasteiger partial charge in [0.05, 0.1) is 10.5 Å². The Morgan fingerprint density at radius 1 is 0.939 bits per heavy atom. The first kappa shape index (κ1) is 22.2. The van der Waals surface area contributed by atoms with E-state index < -0.39 is 16.7 Å². The molecule has 3 aromatic rings. The van der Waals surface area contributed by atoms with Crippen molar-refractivity contribution in [2.24, 2.45) is 0 Å². The van der Waals surface area contributed by atoms with Gasteiger partial charge >= 0.3 is 0 Å². The van der Waals surface area contributed by atoms with Crippen LogP contribution >= 0.6 is 11.6 Å². The number of carbonyl (C=O) groups excluding carboxylic acids is 2. The van der Waals surface area contributed by atoms with Crippen LogP contribution in [0.15, 0.2) is 78.5 Å². The molecule has 0 unspecified atom stereocenters. The molecule has 0 fully saturated rings. The maximum Gasteiger partial charge on any atom is 0.278 e. The number of non-ortho nitro benzene ring substituents is 1. The number of halogens is 1. The van der Waals surface area contributed by atoms with Gasteiger partial charge < -0.3 is 5.32 Å². The van der Waals surface area contributed by atoms with Crippen molar-refractivity contribution in [1.29, 1.82) is 0 Å². The average molecular weight is 462 g/mol. The molecule has 4 rings (SSSR count). The monoisotopic (exact) mass is 461 g/mol. The minimum atomic E-state index is -0.513. The molecule has 33 heavy (non-hydrogen) atoms. The summed E-state index contributed by atoms with van der Waals surface area (Å²) in [7, 11) is 0. The van der Waals surface area contributed by atoms with Crippen LogP contribution in [0.1, 0.15) is 16.7 Å². The number of carbonyl (C=O) groups is 2. The van der Waals surface area contributed by atoms with Crippen LogP contribution in [0.25, 0.3) is 5.57 Å². The summed E-state index contributed by atoms with van der Waals surface area (Å²) in [4.78, 5) is 38.4. The predicted octanol–water partition coefficient (Wildman–Crippen LogP) is 4.99. The highest BCUT2D eigenvalue weighted by Crippen LogP contribution is 2.33. The van der Waals surface area contributed by atoms with Gasteiger partial charge in [-0.25, -0.2) is 0 Å². The topological polar surface area (TPSA) is 92.6 Å². The highest BCUT2D eigenvalue weighted by molar-refractivity contribution is 6.36. The summed E-state index contributed by atoms with van der Waals surface area (Å²) < 4.78 is 0. The lowest BCUT2D eigenvalue weighted by Crippen LogP contribution is -2.34. The number of hydrogen-bond acceptors (Lipinski definition) is 5. The van der Waals surface area contributed by atoms with Crippen LogP contribution in [-0.2, 0) is 16.0 Å². The van der Waals surface area contributed by atoms with Gasteiger partial charge in [-0.2, -0.15) is 0 Å². The van der Waals surface area contributed by atoms with Crippen LogP contribution in [0, 0.1) is 17.0 Å². The fourth-order valence-electron chi connectivity index (χ4n) is 3.68. The number of nitro benzene ring substituents is 1. The van der Waals surface area contributed by atoms with Gasteiger partial charge in [-0.1, -0.05) is 48.0 Å². The standard InChI is InChI=1S/C25H20ClN3O4/c1-16-20(26)8-5-9-21(16)27-23-22(18-10-12-19(13-11-18)29(32)33)24(30)28(25(23)31)15-14-17-6-3-2-4-7-17/h2-13,27H,14-15H2,1H3. The number of benzene rings is 3. The molecule has 7 nitrogen and oxygen atoms in total. The first-order valence-corrected chi connectivity index (χ1v) is 10.7. The van der Waals surface area contributed by atoms with E-state index in [0.29, 0.717) is 22.7 Å². The number of nitrogens with one attached hydrogen (secondary N) is 1. The number of imide groups is 1. The molecule has 1 aliphatic rings. The van der Waals surface area contributed by atoms with Crippen molar-refractivity contribution in [3.05, 3.63) is 110 Å². The smallest absolute Gasteiger partial charge is 0.278 e. The Bertz CT molecular complexity index is 1270. The Morgan fingerprint density at radius 2 is 1.64 bits per heavy atom. The Kier molecular flexibility index (Phi) is 6.24. The molecule has 0 spiro atoms. The lowest BCUT2D eigenvalue weighted by atomic mass is 10.0. The minimum absolute atomic E-state index is 0.0998. The number of hydrogen-bond donors (Lipinski definition) is 1. The lowest BCUT2D eigenvalue weighted by molar-refractivity contribution is -0.384. The van der Waals surface area contributed by atoms with E-state index in [-0.39, 0.29) is 23.5 Å². The van der Waals surface area contributed by atoms with Crippen LogP contribution < -0.4 is 5.32 Å². The summed E-state index contributed by atoms with van der Waals surface area (Å²) >= 11 is 6.23. The molecular formula is C25H20ClN3O4. The van der Waals surface area contributed by atoms with Gasteiger partial charge in [0.1, 0.15) is 5.70 Å². The van der Waals surface area contributed by atoms with Gasteiger partial charge in [0.15, 0.2) is 0 Å². The van der Waals surface area contributed by atoms with Gasteiger partial charge in [-0.15, -0.1) is 0 Å². The Hall–Kier alpha value is -3.97. The SMILES string of the molecule is Cc1c(Cl)cccc1NC1=C(c2ccc([N+](=O)[O-])cc2)C(=O)N(CCc2ccccc2)C1=O. The first-order chi connectivity index (χ1) is 15.9. The van der Waals surface area contributed by atoms with Gasteiger partial charge in [-0.3, -0.25) is 24.6 Å². The molecule has 1 heterocycles. The quantitative estimate of drug-likeness (QED) is 0.304. The summed E-state index contributed by atoms with van der Waals surface area (Å²) in [6, 6.07) is 20.4. The second-order valence-corrected chi connectivity index (χ2v) is 8.00. The molecule has 0 aliphatic carbocycles. The van der Waals surface area contributed by atoms with E-state index in [1.807, 2.05) is 37.3 Å². The number of amides is 2. The van der Waals surface area contributed by atoms with Crippen molar-refractivity contribution in [2.45, 2.75) is 13.3 Å². The summed E-state index contributed by atoms with van der Waals surface area (Å²) in [5.74, 6) is -0.907. The van der Waals surface area contributed by atoms with E-state index in [1.54, 1.807) is 18.2 Å². The van der Waals surface area contributed by atoms with E-state index >= 15 is 0 Å². The number of anilines is 1. The van der Waals surface area contributed by atoms with Crippen molar-refractivity contribution in [3.8, 4) is 0 Å². The van der Waals surface area contributed by atoms with Crippen molar-refractivity contribution in [3.63, 3.8) is 0 Å². The van der Waals surface area contributed by atoms with Gasteiger partial charge in [-0.05, 0) is 54.3 Å². The molecular weight excluding hydrogens is 442 g/mol. The maximum absolute atomic E-state index is 13.4. The molecule has 1 aliphatic heterocycles. The second-order valence-electron chi connectivity index (χ2n) is 7.59. The third-order valence-corrected chi connectivity index (χ3v) is 5.94. The second kappa shape index (κ2) is 9.26. The van der Waals surface area contributed by atoms with Crippen molar-refractivity contribution < 1.29 is 14.5 Å². The van der Waals surface area contributed by atoms with Crippen molar-refractivity contribution >= 4 is 40.4 Å². The number of nitrogens with zero attached hydrogens (tertiary/aromatic N) is 2. The van der Waals surface area contributed by atoms with Crippen LogP contribution in [-0.4, -0.2) is 28.2 Å². The summed E-state index contributed by atoms with van der Waals surface area (Å²) in [5, 5.41) is 14.7. The summed E-state index contributed by atoms with van der Waals surface area (Å²) in [5.41, 5.74) is 2.94. The van der Waals surface area contributed by atoms with Gasteiger partial charge in [0.25, 0.3) is 17.5 Å². The third-order valence-electron chi connectivity index (χ3n) is 5.53. The summed E-state index contributed by atoms with van der Waals surface area (Å²) in [6.45, 7) is 2.02. The van der Waals surface area contributed by atoms with Crippen LogP contribution in [0.5, 0.6) is 0 Å². The zero-order valence-electron chi connectivity index (χ0n) is 17.7. The van der Waals surface area contributed by atoms with E-state index in [4.69, 9.17) is 11.6 Å². The molecule has 0 saturated heterocycles. The molecule has 0 radical (unpaired) electrons. The molecule has 0 atom stereocenters. The molecule has 1 N–H and O–H groups in total. The molecule has 3 aromatic carbocycles. The highest BCUT2D eigenvalue weighted by Gasteiger charge is 2.39. The average Bonchev–Trinajstić information content (AvgIpc) is 3.05. The number of nitro groups is 1. The molecule has 2 amide bonds. The van der Waals surface area contributed by atoms with Gasteiger partial charge in [0, 0.05) is 29.4 Å². The molecule has 0 saturated carbocycles. The van der Waals surface area contributed by atoms with Crippen LogP contribution in [0.3, 0.4) is 0 Å². The Morgan fingerprint density at radius 3 is 2.30 bits per heavy atom. The fraction of sp³-hybridized carbons (Fsp3) is 0.120. The van der Waals surface area contributed by atoms with E-state index in [2.05, 4.69) is 5.32 Å². The molecule has 8 heteroatoms. The zero-order chi connectivity index (χ0) is 23.5. The molecule has 166 valence electrons. The first-order valence-electron chi connectivity index (χ1n) is 10.3. The Labute approximate surface area is 195 Å². The van der Waals surface area contributed by atoms with E-state index in [9.17, 15) is 19.7 Å². The van der Waals surface area contributed by atoms with E-state index in [0.717, 1.165) is 11.1 Å². The van der Waals surface area contributed by atoms with Crippen molar-refractivity contribution in [1.82, 2.24) is 4.90 Å². The summed E-state index contributed by atoms with van der Waals surface area (Å²) in [6.07, 6.45) is 0.509. The maximum atomic E-state index is 13.4. The zero-order valence-corrected chi connectivity index (χ0v) is 18.5. The Balaban J connectivity index is 1.71. The van der Waals surface area contributed by atoms with Gasteiger partial charge in [0.2, 0.25) is 0 Å². The molecule has 0 aromatic heterocycles. The predicted molar refractivity (Wildman–Crippen MR) is 127 cm³/mol. The lowest BCUT2D eigenvalue weighted by Gasteiger charge is -2.16. The highest BCUT2D eigenvalue weighted by atomic mass is 35.5.